The first kappa shape index (κ1) is 16.6. The van der Waals surface area contributed by atoms with Crippen molar-refractivity contribution >= 4 is 29.0 Å². The van der Waals surface area contributed by atoms with Crippen LogP contribution in [0.15, 0.2) is 66.9 Å². The second kappa shape index (κ2) is 7.18. The molecule has 1 aliphatic rings. The van der Waals surface area contributed by atoms with Crippen molar-refractivity contribution in [2.45, 2.75) is 13.0 Å². The number of aromatic nitrogens is 1. The van der Waals surface area contributed by atoms with Crippen molar-refractivity contribution in [2.75, 3.05) is 16.8 Å². The lowest BCUT2D eigenvalue weighted by Crippen LogP contribution is -2.28. The molecule has 0 aliphatic carbocycles. The van der Waals surface area contributed by atoms with E-state index in [0.717, 1.165) is 17.7 Å². The average Bonchev–Trinajstić information content (AvgIpc) is 3.11. The first-order chi connectivity index (χ1) is 12.7. The van der Waals surface area contributed by atoms with Gasteiger partial charge in [0.1, 0.15) is 5.82 Å². The minimum absolute atomic E-state index is 0.00172. The van der Waals surface area contributed by atoms with Crippen LogP contribution in [0.4, 0.5) is 11.5 Å². The maximum Gasteiger partial charge on any atom is 0.258 e. The molecule has 0 spiro atoms. The number of carbonyl (C=O) groups is 1. The van der Waals surface area contributed by atoms with E-state index < -0.39 is 0 Å². The van der Waals surface area contributed by atoms with Gasteiger partial charge in [-0.2, -0.15) is 0 Å². The number of para-hydroxylation sites is 1. The van der Waals surface area contributed by atoms with Gasteiger partial charge in [0.05, 0.1) is 0 Å². The lowest BCUT2D eigenvalue weighted by molar-refractivity contribution is 0.0989. The molecule has 4 nitrogen and oxygen atoms in total. The van der Waals surface area contributed by atoms with Gasteiger partial charge in [-0.3, -0.25) is 4.79 Å². The number of anilines is 2. The smallest absolute Gasteiger partial charge is 0.258 e. The third-order valence-corrected chi connectivity index (χ3v) is 4.93. The normalized spacial score (nSPS) is 12.7. The van der Waals surface area contributed by atoms with Crippen LogP contribution in [0.5, 0.6) is 0 Å². The summed E-state index contributed by atoms with van der Waals surface area (Å²) in [4.78, 5) is 19.1. The highest BCUT2D eigenvalue weighted by molar-refractivity contribution is 6.31. The Hall–Kier alpha value is -2.85. The number of nitrogens with one attached hydrogen (secondary N) is 1. The number of rotatable bonds is 4. The monoisotopic (exact) mass is 363 g/mol. The average molecular weight is 364 g/mol. The molecule has 1 aliphatic heterocycles. The molecule has 1 N–H and O–H groups in total. The lowest BCUT2D eigenvalue weighted by atomic mass is 10.1. The van der Waals surface area contributed by atoms with Gasteiger partial charge < -0.3 is 10.2 Å². The maximum atomic E-state index is 12.9. The van der Waals surface area contributed by atoms with E-state index in [1.54, 1.807) is 18.3 Å². The molecular formula is C21H18ClN3O. The van der Waals surface area contributed by atoms with E-state index >= 15 is 0 Å². The Kier molecular flexibility index (Phi) is 4.59. The molecule has 0 fully saturated rings. The molecule has 0 bridgehead atoms. The molecule has 5 heteroatoms. The van der Waals surface area contributed by atoms with E-state index in [2.05, 4.69) is 16.4 Å². The summed E-state index contributed by atoms with van der Waals surface area (Å²) in [6.07, 6.45) is 2.55. The van der Waals surface area contributed by atoms with Crippen LogP contribution in [0.25, 0.3) is 0 Å². The Balaban J connectivity index is 1.51. The topological polar surface area (TPSA) is 45.2 Å². The quantitative estimate of drug-likeness (QED) is 0.739. The van der Waals surface area contributed by atoms with Crippen LogP contribution in [0, 0.1) is 0 Å². The van der Waals surface area contributed by atoms with Crippen molar-refractivity contribution in [3.8, 4) is 0 Å². The van der Waals surface area contributed by atoms with Crippen molar-refractivity contribution in [1.82, 2.24) is 4.98 Å². The lowest BCUT2D eigenvalue weighted by Gasteiger charge is -2.17. The second-order valence-electron chi connectivity index (χ2n) is 6.21. The molecule has 2 aromatic carbocycles. The number of halogens is 1. The number of fused-ring (bicyclic) bond motifs is 1. The van der Waals surface area contributed by atoms with Gasteiger partial charge in [0.2, 0.25) is 0 Å². The molecule has 2 heterocycles. The Bertz CT molecular complexity index is 957. The first-order valence-electron chi connectivity index (χ1n) is 8.55. The predicted octanol–water partition coefficient (Wildman–Crippen LogP) is 4.55. The molecule has 0 radical (unpaired) electrons. The predicted molar refractivity (Wildman–Crippen MR) is 105 cm³/mol. The van der Waals surface area contributed by atoms with Crippen LogP contribution in [0.2, 0.25) is 5.02 Å². The molecule has 0 unspecified atom stereocenters. The van der Waals surface area contributed by atoms with E-state index in [-0.39, 0.29) is 5.91 Å². The van der Waals surface area contributed by atoms with Gasteiger partial charge in [0, 0.05) is 35.6 Å². The van der Waals surface area contributed by atoms with Crippen molar-refractivity contribution in [3.63, 3.8) is 0 Å². The Labute approximate surface area is 157 Å². The summed E-state index contributed by atoms with van der Waals surface area (Å²) < 4.78 is 0. The minimum Gasteiger partial charge on any atom is -0.366 e. The number of amides is 1. The minimum atomic E-state index is -0.00172. The summed E-state index contributed by atoms with van der Waals surface area (Å²) >= 11 is 6.18. The van der Waals surface area contributed by atoms with E-state index in [9.17, 15) is 4.79 Å². The Morgan fingerprint density at radius 1 is 1.12 bits per heavy atom. The number of pyridine rings is 1. The number of carbonyl (C=O) groups excluding carboxylic acids is 1. The van der Waals surface area contributed by atoms with Crippen LogP contribution in [0.1, 0.15) is 21.5 Å². The summed E-state index contributed by atoms with van der Waals surface area (Å²) in [5, 5.41) is 3.95. The van der Waals surface area contributed by atoms with Gasteiger partial charge in [0.15, 0.2) is 0 Å². The van der Waals surface area contributed by atoms with Gasteiger partial charge in [-0.05, 0) is 41.8 Å². The molecular weight excluding hydrogens is 346 g/mol. The van der Waals surface area contributed by atoms with Crippen LogP contribution in [0.3, 0.4) is 0 Å². The standard InChI is InChI=1S/C21H18ClN3O/c22-18-7-3-1-6-17(18)14-24-20-13-16(9-11-23-20)21(26)25-12-10-15-5-2-4-8-19(15)25/h1-9,11,13H,10,12,14H2,(H,23,24). The molecule has 1 aromatic heterocycles. The first-order valence-corrected chi connectivity index (χ1v) is 8.93. The summed E-state index contributed by atoms with van der Waals surface area (Å²) in [6, 6.07) is 19.3. The van der Waals surface area contributed by atoms with Crippen LogP contribution in [-0.2, 0) is 13.0 Å². The fourth-order valence-electron chi connectivity index (χ4n) is 3.19. The molecule has 26 heavy (non-hydrogen) atoms. The third kappa shape index (κ3) is 3.28. The van der Waals surface area contributed by atoms with Crippen molar-refractivity contribution in [2.24, 2.45) is 0 Å². The molecule has 1 amide bonds. The summed E-state index contributed by atoms with van der Waals surface area (Å²) in [5.74, 6) is 0.654. The zero-order valence-corrected chi connectivity index (χ0v) is 14.9. The van der Waals surface area contributed by atoms with Crippen LogP contribution >= 0.6 is 11.6 Å². The number of hydrogen-bond acceptors (Lipinski definition) is 3. The van der Waals surface area contributed by atoms with E-state index in [1.165, 1.54) is 5.56 Å². The third-order valence-electron chi connectivity index (χ3n) is 4.56. The fraction of sp³-hybridized carbons (Fsp3) is 0.143. The van der Waals surface area contributed by atoms with Crippen molar-refractivity contribution in [1.29, 1.82) is 0 Å². The van der Waals surface area contributed by atoms with Gasteiger partial charge in [0.25, 0.3) is 5.91 Å². The van der Waals surface area contributed by atoms with E-state index in [4.69, 9.17) is 11.6 Å². The van der Waals surface area contributed by atoms with Crippen LogP contribution < -0.4 is 10.2 Å². The zero-order valence-electron chi connectivity index (χ0n) is 14.2. The van der Waals surface area contributed by atoms with Crippen LogP contribution in [-0.4, -0.2) is 17.4 Å². The second-order valence-corrected chi connectivity index (χ2v) is 6.62. The Morgan fingerprint density at radius 2 is 1.92 bits per heavy atom. The van der Waals surface area contributed by atoms with Crippen molar-refractivity contribution < 1.29 is 4.79 Å². The fourth-order valence-corrected chi connectivity index (χ4v) is 3.40. The van der Waals surface area contributed by atoms with Gasteiger partial charge >= 0.3 is 0 Å². The summed E-state index contributed by atoms with van der Waals surface area (Å²) in [7, 11) is 0. The Morgan fingerprint density at radius 3 is 2.81 bits per heavy atom. The molecule has 0 saturated heterocycles. The van der Waals surface area contributed by atoms with E-state index in [0.29, 0.717) is 29.5 Å². The highest BCUT2D eigenvalue weighted by Crippen LogP contribution is 2.29. The largest absolute Gasteiger partial charge is 0.366 e. The number of benzene rings is 2. The molecule has 3 aromatic rings. The van der Waals surface area contributed by atoms with Gasteiger partial charge in [-0.25, -0.2) is 4.98 Å². The number of hydrogen-bond donors (Lipinski definition) is 1. The molecule has 4 rings (SSSR count). The highest BCUT2D eigenvalue weighted by Gasteiger charge is 2.25. The highest BCUT2D eigenvalue weighted by atomic mass is 35.5. The van der Waals surface area contributed by atoms with Crippen molar-refractivity contribution in [3.05, 3.63) is 88.6 Å². The SMILES string of the molecule is O=C(c1ccnc(NCc2ccccc2Cl)c1)N1CCc2ccccc21. The molecule has 0 atom stereocenters. The zero-order chi connectivity index (χ0) is 17.9. The molecule has 130 valence electrons. The van der Waals surface area contributed by atoms with Gasteiger partial charge in [-0.15, -0.1) is 0 Å². The summed E-state index contributed by atoms with van der Waals surface area (Å²) in [5.41, 5.74) is 3.83. The number of nitrogens with zero attached hydrogens (tertiary/aromatic N) is 2. The summed E-state index contributed by atoms with van der Waals surface area (Å²) in [6.45, 7) is 1.26. The van der Waals surface area contributed by atoms with E-state index in [1.807, 2.05) is 47.4 Å². The van der Waals surface area contributed by atoms with Gasteiger partial charge in [-0.1, -0.05) is 48.0 Å². The maximum absolute atomic E-state index is 12.9. The molecule has 0 saturated carbocycles.